The Kier molecular flexibility index (Phi) is 8.98. The fraction of sp³-hybridized carbons (Fsp3) is 0.556. The van der Waals surface area contributed by atoms with Crippen molar-refractivity contribution >= 4 is 11.8 Å². The largest absolute Gasteiger partial charge is 0.355 e. The first kappa shape index (κ1) is 19.2. The van der Waals surface area contributed by atoms with Crippen LogP contribution in [0.25, 0.3) is 0 Å². The van der Waals surface area contributed by atoms with Gasteiger partial charge in [-0.2, -0.15) is 0 Å². The van der Waals surface area contributed by atoms with E-state index in [9.17, 15) is 9.59 Å². The highest BCUT2D eigenvalue weighted by Gasteiger charge is 2.11. The number of hydrogen-bond acceptors (Lipinski definition) is 3. The van der Waals surface area contributed by atoms with E-state index in [1.165, 1.54) is 0 Å². The molecular weight excluding hydrogens is 290 g/mol. The predicted molar refractivity (Wildman–Crippen MR) is 93.0 cm³/mol. The van der Waals surface area contributed by atoms with Crippen molar-refractivity contribution < 1.29 is 9.59 Å². The molecule has 1 aromatic carbocycles. The third-order valence-electron chi connectivity index (χ3n) is 3.90. The van der Waals surface area contributed by atoms with Gasteiger partial charge < -0.3 is 15.5 Å². The molecule has 0 aromatic heterocycles. The van der Waals surface area contributed by atoms with Crippen LogP contribution in [0.2, 0.25) is 0 Å². The molecular formula is C18H29N3O2. The van der Waals surface area contributed by atoms with Gasteiger partial charge in [-0.25, -0.2) is 0 Å². The summed E-state index contributed by atoms with van der Waals surface area (Å²) in [4.78, 5) is 25.9. The summed E-state index contributed by atoms with van der Waals surface area (Å²) in [6, 6.07) is 9.74. The van der Waals surface area contributed by atoms with Gasteiger partial charge >= 0.3 is 0 Å². The van der Waals surface area contributed by atoms with Crippen LogP contribution in [0.5, 0.6) is 0 Å². The Hall–Kier alpha value is -1.88. The van der Waals surface area contributed by atoms with Gasteiger partial charge in [-0.1, -0.05) is 44.2 Å². The topological polar surface area (TPSA) is 61.4 Å². The quantitative estimate of drug-likeness (QED) is 0.694. The highest BCUT2D eigenvalue weighted by atomic mass is 16.2. The predicted octanol–water partition coefficient (Wildman–Crippen LogP) is 2.10. The lowest BCUT2D eigenvalue weighted by atomic mass is 10.1. The Bertz CT molecular complexity index is 472. The van der Waals surface area contributed by atoms with E-state index < -0.39 is 0 Å². The molecule has 23 heavy (non-hydrogen) atoms. The Labute approximate surface area is 139 Å². The van der Waals surface area contributed by atoms with Crippen molar-refractivity contribution in [3.8, 4) is 0 Å². The molecule has 5 nitrogen and oxygen atoms in total. The number of carbonyl (C=O) groups excluding carboxylic acids is 2. The normalized spacial score (nSPS) is 12.0. The van der Waals surface area contributed by atoms with Crippen molar-refractivity contribution in [3.63, 3.8) is 0 Å². The fourth-order valence-corrected chi connectivity index (χ4v) is 2.35. The second-order valence-electron chi connectivity index (χ2n) is 5.58. The summed E-state index contributed by atoms with van der Waals surface area (Å²) in [5.41, 5.74) is 1.06. The van der Waals surface area contributed by atoms with Gasteiger partial charge in [-0.15, -0.1) is 0 Å². The summed E-state index contributed by atoms with van der Waals surface area (Å²) in [6.07, 6.45) is 0.444. The molecule has 0 radical (unpaired) electrons. The standard InChI is InChI=1S/C18H29N3O2/c1-4-21(5-2)14-13-19-17(22)11-12-18(23)20-15(3)16-9-7-6-8-10-16/h6-10,15H,4-5,11-14H2,1-3H3,(H,19,22)(H,20,23). The number of hydrogen-bond donors (Lipinski definition) is 2. The molecule has 0 saturated heterocycles. The third-order valence-corrected chi connectivity index (χ3v) is 3.90. The van der Waals surface area contributed by atoms with Crippen LogP contribution in [0.15, 0.2) is 30.3 Å². The minimum atomic E-state index is -0.0970. The molecule has 0 saturated carbocycles. The average molecular weight is 319 g/mol. The first-order valence-electron chi connectivity index (χ1n) is 8.40. The average Bonchev–Trinajstić information content (AvgIpc) is 2.57. The second kappa shape index (κ2) is 10.8. The number of nitrogens with zero attached hydrogens (tertiary/aromatic N) is 1. The molecule has 1 atom stereocenters. The van der Waals surface area contributed by atoms with Gasteiger partial charge in [0.05, 0.1) is 6.04 Å². The van der Waals surface area contributed by atoms with Crippen molar-refractivity contribution in [2.24, 2.45) is 0 Å². The van der Waals surface area contributed by atoms with Crippen LogP contribution in [-0.4, -0.2) is 42.9 Å². The van der Waals surface area contributed by atoms with Gasteiger partial charge in [-0.3, -0.25) is 9.59 Å². The molecule has 2 N–H and O–H groups in total. The minimum absolute atomic E-state index is 0.0468. The van der Waals surface area contributed by atoms with Gasteiger partial charge in [0.2, 0.25) is 11.8 Å². The van der Waals surface area contributed by atoms with E-state index in [4.69, 9.17) is 0 Å². The van der Waals surface area contributed by atoms with Gasteiger partial charge in [0.25, 0.3) is 0 Å². The molecule has 0 aliphatic carbocycles. The molecule has 1 unspecified atom stereocenters. The van der Waals surface area contributed by atoms with Crippen LogP contribution in [0, 0.1) is 0 Å². The van der Waals surface area contributed by atoms with Crippen molar-refractivity contribution in [1.29, 1.82) is 0 Å². The van der Waals surface area contributed by atoms with Crippen LogP contribution < -0.4 is 10.6 Å². The Balaban J connectivity index is 2.21. The summed E-state index contributed by atoms with van der Waals surface area (Å²) in [6.45, 7) is 9.57. The molecule has 1 aromatic rings. The first-order chi connectivity index (χ1) is 11.1. The summed E-state index contributed by atoms with van der Waals surface area (Å²) in [5.74, 6) is -0.167. The van der Waals surface area contributed by atoms with Crippen molar-refractivity contribution in [2.45, 2.75) is 39.7 Å². The monoisotopic (exact) mass is 319 g/mol. The van der Waals surface area contributed by atoms with E-state index >= 15 is 0 Å². The summed E-state index contributed by atoms with van der Waals surface area (Å²) < 4.78 is 0. The highest BCUT2D eigenvalue weighted by molar-refractivity contribution is 5.83. The molecule has 0 fully saturated rings. The number of nitrogens with one attached hydrogen (secondary N) is 2. The minimum Gasteiger partial charge on any atom is -0.355 e. The maximum absolute atomic E-state index is 11.9. The molecule has 0 bridgehead atoms. The lowest BCUT2D eigenvalue weighted by Crippen LogP contribution is -2.35. The second-order valence-corrected chi connectivity index (χ2v) is 5.58. The van der Waals surface area contributed by atoms with Crippen molar-refractivity contribution in [1.82, 2.24) is 15.5 Å². The maximum Gasteiger partial charge on any atom is 0.220 e. The molecule has 5 heteroatoms. The van der Waals surface area contributed by atoms with Gasteiger partial charge in [0, 0.05) is 25.9 Å². The Morgan fingerprint density at radius 3 is 2.26 bits per heavy atom. The Morgan fingerprint density at radius 1 is 1.04 bits per heavy atom. The van der Waals surface area contributed by atoms with Crippen LogP contribution in [0.4, 0.5) is 0 Å². The summed E-state index contributed by atoms with van der Waals surface area (Å²) >= 11 is 0. The van der Waals surface area contributed by atoms with E-state index in [0.717, 1.165) is 25.2 Å². The number of amides is 2. The lowest BCUT2D eigenvalue weighted by molar-refractivity contribution is -0.126. The first-order valence-corrected chi connectivity index (χ1v) is 8.40. The fourth-order valence-electron chi connectivity index (χ4n) is 2.35. The number of benzene rings is 1. The van der Waals surface area contributed by atoms with Gasteiger partial charge in [0.15, 0.2) is 0 Å². The molecule has 1 rings (SSSR count). The van der Waals surface area contributed by atoms with Gasteiger partial charge in [-0.05, 0) is 25.6 Å². The zero-order valence-corrected chi connectivity index (χ0v) is 14.5. The summed E-state index contributed by atoms with van der Waals surface area (Å²) in [5, 5.41) is 5.78. The SMILES string of the molecule is CCN(CC)CCNC(=O)CCC(=O)NC(C)c1ccccc1. The van der Waals surface area contributed by atoms with E-state index in [2.05, 4.69) is 29.4 Å². The molecule has 0 spiro atoms. The molecule has 0 heterocycles. The van der Waals surface area contributed by atoms with Gasteiger partial charge in [0.1, 0.15) is 0 Å². The molecule has 2 amide bonds. The van der Waals surface area contributed by atoms with E-state index in [1.807, 2.05) is 37.3 Å². The Morgan fingerprint density at radius 2 is 1.65 bits per heavy atom. The van der Waals surface area contributed by atoms with Crippen LogP contribution in [0.1, 0.15) is 45.2 Å². The highest BCUT2D eigenvalue weighted by Crippen LogP contribution is 2.11. The van der Waals surface area contributed by atoms with Crippen molar-refractivity contribution in [2.75, 3.05) is 26.2 Å². The van der Waals surface area contributed by atoms with E-state index in [0.29, 0.717) is 6.54 Å². The van der Waals surface area contributed by atoms with Crippen LogP contribution in [0.3, 0.4) is 0 Å². The van der Waals surface area contributed by atoms with Crippen LogP contribution >= 0.6 is 0 Å². The van der Waals surface area contributed by atoms with Crippen LogP contribution in [-0.2, 0) is 9.59 Å². The van der Waals surface area contributed by atoms with E-state index in [-0.39, 0.29) is 30.7 Å². The molecule has 0 aliphatic heterocycles. The third kappa shape index (κ3) is 7.79. The van der Waals surface area contributed by atoms with Crippen molar-refractivity contribution in [3.05, 3.63) is 35.9 Å². The molecule has 0 aliphatic rings. The number of rotatable bonds is 10. The zero-order chi connectivity index (χ0) is 17.1. The maximum atomic E-state index is 11.9. The summed E-state index contributed by atoms with van der Waals surface area (Å²) in [7, 11) is 0. The lowest BCUT2D eigenvalue weighted by Gasteiger charge is -2.18. The number of likely N-dealkylation sites (N-methyl/N-ethyl adjacent to an activating group) is 1. The van der Waals surface area contributed by atoms with E-state index in [1.54, 1.807) is 0 Å². The zero-order valence-electron chi connectivity index (χ0n) is 14.5. The molecule has 128 valence electrons. The smallest absolute Gasteiger partial charge is 0.220 e. The number of carbonyl (C=O) groups is 2.